The first-order valence-corrected chi connectivity index (χ1v) is 6.17. The summed E-state index contributed by atoms with van der Waals surface area (Å²) in [5.41, 5.74) is 0. The van der Waals surface area contributed by atoms with Crippen LogP contribution in [0, 0.1) is 0 Å². The molecule has 0 aromatic carbocycles. The molecule has 0 saturated heterocycles. The van der Waals surface area contributed by atoms with Crippen LogP contribution in [-0.2, 0) is 4.79 Å². The van der Waals surface area contributed by atoms with E-state index in [1.54, 1.807) is 0 Å². The first-order valence-electron chi connectivity index (χ1n) is 6.17. The van der Waals surface area contributed by atoms with Gasteiger partial charge >= 0.3 is 23.9 Å². The molecule has 0 fully saturated rings. The van der Waals surface area contributed by atoms with E-state index < -0.39 is 60.0 Å². The van der Waals surface area contributed by atoms with Gasteiger partial charge in [0.05, 0.1) is 20.1 Å². The lowest BCUT2D eigenvalue weighted by molar-refractivity contribution is -0.888. The predicted octanol–water partition coefficient (Wildman–Crippen LogP) is 1.03. The molecule has 13 heteroatoms. The van der Waals surface area contributed by atoms with Gasteiger partial charge in [-0.05, 0) is 0 Å². The van der Waals surface area contributed by atoms with Crippen LogP contribution in [0.25, 0.3) is 0 Å². The summed E-state index contributed by atoms with van der Waals surface area (Å²) in [6.45, 7) is -1.78. The van der Waals surface area contributed by atoms with E-state index in [0.717, 1.165) is 14.1 Å². The number of nitrogens with zero attached hydrogens (tertiary/aromatic N) is 1. The Morgan fingerprint density at radius 3 is 1.75 bits per heavy atom. The van der Waals surface area contributed by atoms with E-state index in [4.69, 9.17) is 0 Å². The molecule has 0 saturated carbocycles. The molecule has 0 aliphatic rings. The zero-order chi connectivity index (χ0) is 19.8. The molecular formula is C11H14F9NO3. The summed E-state index contributed by atoms with van der Waals surface area (Å²) in [6.07, 6.45) is -11.8. The van der Waals surface area contributed by atoms with Crippen LogP contribution in [0.2, 0.25) is 0 Å². The molecular weight excluding hydrogens is 365 g/mol. The number of alkyl halides is 9. The number of halogens is 9. The Bertz CT molecular complexity index is 462. The number of hydrogen-bond acceptors (Lipinski definition) is 3. The lowest BCUT2D eigenvalue weighted by Gasteiger charge is -2.36. The highest BCUT2D eigenvalue weighted by Gasteiger charge is 2.81. The third kappa shape index (κ3) is 4.88. The fourth-order valence-corrected chi connectivity index (χ4v) is 1.88. The van der Waals surface area contributed by atoms with Gasteiger partial charge in [-0.25, -0.2) is 0 Å². The van der Waals surface area contributed by atoms with Crippen LogP contribution in [0.3, 0.4) is 0 Å². The molecule has 0 amide bonds. The number of carboxylic acid groups (broad SMARTS) is 1. The Morgan fingerprint density at radius 2 is 1.42 bits per heavy atom. The van der Waals surface area contributed by atoms with E-state index in [0.29, 0.717) is 0 Å². The van der Waals surface area contributed by atoms with Gasteiger partial charge in [-0.3, -0.25) is 0 Å². The number of carboxylic acids is 1. The van der Waals surface area contributed by atoms with Crippen LogP contribution in [0.1, 0.15) is 6.42 Å². The second-order valence-electron chi connectivity index (χ2n) is 5.86. The smallest absolute Gasteiger partial charge is 0.460 e. The van der Waals surface area contributed by atoms with E-state index in [-0.39, 0.29) is 0 Å². The fraction of sp³-hybridized carbons (Fsp3) is 0.909. The topological polar surface area (TPSA) is 60.4 Å². The van der Waals surface area contributed by atoms with Gasteiger partial charge in [0, 0.05) is 6.42 Å². The summed E-state index contributed by atoms with van der Waals surface area (Å²) in [7, 11) is 2.11. The van der Waals surface area contributed by atoms with Crippen molar-refractivity contribution in [3.05, 3.63) is 0 Å². The molecule has 0 rings (SSSR count). The third-order valence-corrected chi connectivity index (χ3v) is 2.96. The molecule has 0 bridgehead atoms. The van der Waals surface area contributed by atoms with Crippen molar-refractivity contribution < 1.29 is 59.0 Å². The second-order valence-corrected chi connectivity index (χ2v) is 5.86. The highest BCUT2D eigenvalue weighted by atomic mass is 19.4. The van der Waals surface area contributed by atoms with Crippen molar-refractivity contribution >= 4 is 5.97 Å². The highest BCUT2D eigenvalue weighted by molar-refractivity contribution is 5.65. The van der Waals surface area contributed by atoms with E-state index in [1.807, 2.05) is 0 Å². The largest absolute Gasteiger partial charge is 0.544 e. The van der Waals surface area contributed by atoms with Gasteiger partial charge in [-0.15, -0.1) is 0 Å². The van der Waals surface area contributed by atoms with Gasteiger partial charge in [-0.1, -0.05) is 0 Å². The summed E-state index contributed by atoms with van der Waals surface area (Å²) in [4.78, 5) is 10.4. The first kappa shape index (κ1) is 22.8. The van der Waals surface area contributed by atoms with Crippen molar-refractivity contribution in [1.29, 1.82) is 0 Å². The van der Waals surface area contributed by atoms with Gasteiger partial charge in [0.2, 0.25) is 0 Å². The molecule has 1 atom stereocenters. The van der Waals surface area contributed by atoms with Crippen molar-refractivity contribution in [1.82, 2.24) is 0 Å². The average molecular weight is 379 g/mol. The lowest BCUT2D eigenvalue weighted by Crippen LogP contribution is -2.62. The number of aliphatic carboxylic acids is 1. The number of aliphatic hydroxyl groups is 1. The second kappa shape index (κ2) is 6.58. The van der Waals surface area contributed by atoms with Gasteiger partial charge in [0.1, 0.15) is 19.2 Å². The van der Waals surface area contributed by atoms with E-state index in [9.17, 15) is 54.5 Å². The summed E-state index contributed by atoms with van der Waals surface area (Å²) in [6, 6.07) is 0. The zero-order valence-electron chi connectivity index (χ0n) is 12.3. The van der Waals surface area contributed by atoms with Crippen molar-refractivity contribution in [3.63, 3.8) is 0 Å². The number of hydrogen-bond donors (Lipinski definition) is 1. The number of rotatable bonds is 8. The van der Waals surface area contributed by atoms with Crippen LogP contribution < -0.4 is 5.11 Å². The molecule has 0 aliphatic heterocycles. The van der Waals surface area contributed by atoms with Crippen molar-refractivity contribution in [3.8, 4) is 0 Å². The molecule has 1 unspecified atom stereocenters. The first-order chi connectivity index (χ1) is 10.3. The Labute approximate surface area is 130 Å². The normalized spacial score (nSPS) is 16.2. The summed E-state index contributed by atoms with van der Waals surface area (Å²) in [5.74, 6) is -21.4. The van der Waals surface area contributed by atoms with Crippen LogP contribution >= 0.6 is 0 Å². The van der Waals surface area contributed by atoms with Crippen LogP contribution in [0.5, 0.6) is 0 Å². The van der Waals surface area contributed by atoms with E-state index >= 15 is 0 Å². The average Bonchev–Trinajstić information content (AvgIpc) is 2.22. The Balaban J connectivity index is 5.30. The molecule has 0 radical (unpaired) electrons. The summed E-state index contributed by atoms with van der Waals surface area (Å²) in [5, 5.41) is 19.7. The minimum atomic E-state index is -7.03. The minimum Gasteiger partial charge on any atom is -0.544 e. The van der Waals surface area contributed by atoms with Gasteiger partial charge in [-0.2, -0.15) is 39.5 Å². The third-order valence-electron chi connectivity index (χ3n) is 2.96. The van der Waals surface area contributed by atoms with Crippen molar-refractivity contribution in [2.45, 2.75) is 36.5 Å². The maximum atomic E-state index is 13.3. The number of quaternary nitrogens is 1. The maximum Gasteiger partial charge on any atom is 0.460 e. The van der Waals surface area contributed by atoms with E-state index in [1.165, 1.54) is 0 Å². The summed E-state index contributed by atoms with van der Waals surface area (Å²) < 4.78 is 113. The van der Waals surface area contributed by atoms with Crippen molar-refractivity contribution in [2.24, 2.45) is 0 Å². The van der Waals surface area contributed by atoms with Gasteiger partial charge in [0.25, 0.3) is 0 Å². The van der Waals surface area contributed by atoms with Crippen LogP contribution in [0.15, 0.2) is 0 Å². The lowest BCUT2D eigenvalue weighted by atomic mass is 9.98. The predicted molar refractivity (Wildman–Crippen MR) is 58.4 cm³/mol. The molecule has 24 heavy (non-hydrogen) atoms. The molecule has 0 spiro atoms. The molecule has 4 nitrogen and oxygen atoms in total. The SMILES string of the molecule is C[N+](C)(CC(=O)[O-])CC(O)CC(F)(F)C(F)(F)C(F)(F)C(F)(F)F. The molecule has 1 N–H and O–H groups in total. The molecule has 0 heterocycles. The van der Waals surface area contributed by atoms with Crippen LogP contribution in [-0.4, -0.2) is 72.8 Å². The molecule has 0 aromatic rings. The van der Waals surface area contributed by atoms with Gasteiger partial charge in [0.15, 0.2) is 0 Å². The summed E-state index contributed by atoms with van der Waals surface area (Å²) >= 11 is 0. The van der Waals surface area contributed by atoms with E-state index in [2.05, 4.69) is 0 Å². The quantitative estimate of drug-likeness (QED) is 0.506. The standard InChI is InChI=1S/C11H14F9NO3/c1-21(2,5-7(23)24)4-6(22)3-8(12,13)9(14,15)10(16,17)11(18,19)20/h6,22H,3-5H2,1-2H3. The minimum absolute atomic E-state index is 0.763. The highest BCUT2D eigenvalue weighted by Crippen LogP contribution is 2.54. The fourth-order valence-electron chi connectivity index (χ4n) is 1.88. The zero-order valence-corrected chi connectivity index (χ0v) is 12.3. The number of likely N-dealkylation sites (N-methyl/N-ethyl adjacent to an activating group) is 1. The van der Waals surface area contributed by atoms with Crippen molar-refractivity contribution in [2.75, 3.05) is 27.2 Å². The maximum absolute atomic E-state index is 13.3. The molecule has 144 valence electrons. The molecule has 0 aromatic heterocycles. The Kier molecular flexibility index (Phi) is 6.24. The Hall–Kier alpha value is -1.24. The van der Waals surface area contributed by atoms with Gasteiger partial charge < -0.3 is 19.5 Å². The number of carbonyl (C=O) groups is 1. The monoisotopic (exact) mass is 379 g/mol. The molecule has 0 aliphatic carbocycles. The Morgan fingerprint density at radius 1 is 1.00 bits per heavy atom. The number of carbonyl (C=O) groups excluding carboxylic acids is 1. The number of aliphatic hydroxyl groups excluding tert-OH is 1. The van der Waals surface area contributed by atoms with Crippen LogP contribution in [0.4, 0.5) is 39.5 Å².